The number of amides is 1. The first-order valence-electron chi connectivity index (χ1n) is 6.69. The van der Waals surface area contributed by atoms with Gasteiger partial charge in [0, 0.05) is 18.5 Å². The molecule has 1 saturated heterocycles. The lowest BCUT2D eigenvalue weighted by Crippen LogP contribution is -2.31. The molecule has 1 unspecified atom stereocenters. The van der Waals surface area contributed by atoms with Crippen molar-refractivity contribution in [2.24, 2.45) is 0 Å². The topological polar surface area (TPSA) is 54.5 Å². The molecule has 0 spiro atoms. The molecule has 2 heterocycles. The van der Waals surface area contributed by atoms with Crippen LogP contribution in [0, 0.1) is 0 Å². The van der Waals surface area contributed by atoms with Gasteiger partial charge in [0.05, 0.1) is 15.7 Å². The maximum Gasteiger partial charge on any atom is 0.254 e. The third-order valence-corrected chi connectivity index (χ3v) is 6.59. The molecule has 0 saturated carbocycles. The summed E-state index contributed by atoms with van der Waals surface area (Å²) in [6, 6.07) is 10.2. The fourth-order valence-corrected chi connectivity index (χ4v) is 4.88. The van der Waals surface area contributed by atoms with Crippen LogP contribution in [0.15, 0.2) is 52.1 Å². The van der Waals surface area contributed by atoms with E-state index >= 15 is 0 Å². The molecule has 21 heavy (non-hydrogen) atoms. The lowest BCUT2D eigenvalue weighted by Gasteiger charge is -2.16. The van der Waals surface area contributed by atoms with Crippen molar-refractivity contribution in [2.45, 2.75) is 16.6 Å². The van der Waals surface area contributed by atoms with Crippen LogP contribution in [0.1, 0.15) is 16.8 Å². The van der Waals surface area contributed by atoms with Crippen LogP contribution in [0.3, 0.4) is 0 Å². The van der Waals surface area contributed by atoms with Gasteiger partial charge in [-0.2, -0.15) is 11.3 Å². The first-order chi connectivity index (χ1) is 10.1. The van der Waals surface area contributed by atoms with Crippen molar-refractivity contribution >= 4 is 27.1 Å². The molecular weight excluding hydrogens is 306 g/mol. The number of rotatable bonds is 3. The molecule has 0 aliphatic carbocycles. The minimum absolute atomic E-state index is 0.0815. The minimum Gasteiger partial charge on any atom is -0.337 e. The third-order valence-electron chi connectivity index (χ3n) is 3.71. The molecule has 1 aromatic carbocycles. The van der Waals surface area contributed by atoms with Gasteiger partial charge in [-0.15, -0.1) is 0 Å². The Morgan fingerprint density at radius 2 is 1.95 bits per heavy atom. The Balaban J connectivity index is 1.77. The summed E-state index contributed by atoms with van der Waals surface area (Å²) in [6.45, 7) is 0.761. The molecule has 1 aliphatic heterocycles. The summed E-state index contributed by atoms with van der Waals surface area (Å²) in [6.07, 6.45) is 0.493. The Morgan fingerprint density at radius 1 is 1.19 bits per heavy atom. The molecule has 1 amide bonds. The minimum atomic E-state index is -3.37. The lowest BCUT2D eigenvalue weighted by atomic mass is 10.3. The Morgan fingerprint density at radius 3 is 2.62 bits per heavy atom. The highest BCUT2D eigenvalue weighted by Gasteiger charge is 2.36. The standard InChI is InChI=1S/C15H15NO3S2/c17-15(12-7-9-20-11-12)16-8-6-14(10-16)21(18,19)13-4-2-1-3-5-13/h1-5,7,9,11,14H,6,8,10H2. The van der Waals surface area contributed by atoms with Crippen LogP contribution in [0.25, 0.3) is 0 Å². The summed E-state index contributed by atoms with van der Waals surface area (Å²) in [5.74, 6) is -0.0815. The van der Waals surface area contributed by atoms with E-state index in [1.165, 1.54) is 11.3 Å². The first-order valence-corrected chi connectivity index (χ1v) is 9.18. The van der Waals surface area contributed by atoms with E-state index in [4.69, 9.17) is 0 Å². The molecular formula is C15H15NO3S2. The normalized spacial score (nSPS) is 18.9. The van der Waals surface area contributed by atoms with Gasteiger partial charge in [0.25, 0.3) is 5.91 Å². The number of hydrogen-bond donors (Lipinski definition) is 0. The maximum absolute atomic E-state index is 12.6. The number of nitrogens with zero attached hydrogens (tertiary/aromatic N) is 1. The fraction of sp³-hybridized carbons (Fsp3) is 0.267. The van der Waals surface area contributed by atoms with Crippen LogP contribution in [0.5, 0.6) is 0 Å². The number of benzene rings is 1. The van der Waals surface area contributed by atoms with E-state index in [0.717, 1.165) is 0 Å². The zero-order chi connectivity index (χ0) is 14.9. The molecule has 1 atom stereocenters. The highest BCUT2D eigenvalue weighted by molar-refractivity contribution is 7.92. The third kappa shape index (κ3) is 2.73. The molecule has 1 fully saturated rings. The second-order valence-corrected chi connectivity index (χ2v) is 8.04. The quantitative estimate of drug-likeness (QED) is 0.872. The molecule has 3 rings (SSSR count). The van der Waals surface area contributed by atoms with Gasteiger partial charge >= 0.3 is 0 Å². The van der Waals surface area contributed by atoms with Crippen LogP contribution < -0.4 is 0 Å². The van der Waals surface area contributed by atoms with Gasteiger partial charge in [0.15, 0.2) is 9.84 Å². The SMILES string of the molecule is O=C(c1ccsc1)N1CCC(S(=O)(=O)c2ccccc2)C1. The molecule has 2 aromatic rings. The van der Waals surface area contributed by atoms with E-state index in [0.29, 0.717) is 23.4 Å². The molecule has 6 heteroatoms. The smallest absolute Gasteiger partial charge is 0.254 e. The van der Waals surface area contributed by atoms with Crippen molar-refractivity contribution in [3.63, 3.8) is 0 Å². The van der Waals surface area contributed by atoms with Gasteiger partial charge < -0.3 is 4.90 Å². The van der Waals surface area contributed by atoms with Gasteiger partial charge in [-0.25, -0.2) is 8.42 Å². The summed E-state index contributed by atoms with van der Waals surface area (Å²) >= 11 is 1.46. The molecule has 110 valence electrons. The van der Waals surface area contributed by atoms with Crippen molar-refractivity contribution in [1.29, 1.82) is 0 Å². The molecule has 0 N–H and O–H groups in total. The summed E-state index contributed by atoms with van der Waals surface area (Å²) in [5.41, 5.74) is 0.637. The van der Waals surface area contributed by atoms with Crippen LogP contribution in [-0.4, -0.2) is 37.6 Å². The summed E-state index contributed by atoms with van der Waals surface area (Å²) in [5, 5.41) is 3.13. The fourth-order valence-electron chi connectivity index (χ4n) is 2.54. The monoisotopic (exact) mass is 321 g/mol. The molecule has 0 bridgehead atoms. The predicted molar refractivity (Wildman–Crippen MR) is 82.3 cm³/mol. The zero-order valence-corrected chi connectivity index (χ0v) is 12.9. The number of carbonyl (C=O) groups excluding carboxylic acids is 1. The Bertz CT molecular complexity index is 724. The van der Waals surface area contributed by atoms with Crippen molar-refractivity contribution in [2.75, 3.05) is 13.1 Å². The molecule has 1 aliphatic rings. The van der Waals surface area contributed by atoms with Gasteiger partial charge in [0.2, 0.25) is 0 Å². The van der Waals surface area contributed by atoms with Crippen LogP contribution in [-0.2, 0) is 9.84 Å². The predicted octanol–water partition coefficient (Wildman–Crippen LogP) is 2.44. The maximum atomic E-state index is 12.6. The Hall–Kier alpha value is -1.66. The second-order valence-electron chi connectivity index (χ2n) is 5.03. The highest BCUT2D eigenvalue weighted by Crippen LogP contribution is 2.25. The van der Waals surface area contributed by atoms with Gasteiger partial charge in [-0.3, -0.25) is 4.79 Å². The van der Waals surface area contributed by atoms with Crippen molar-refractivity contribution < 1.29 is 13.2 Å². The summed E-state index contributed by atoms with van der Waals surface area (Å²) in [4.78, 5) is 14.2. The number of sulfone groups is 1. The van der Waals surface area contributed by atoms with E-state index in [-0.39, 0.29) is 12.5 Å². The average Bonchev–Trinajstić information content (AvgIpc) is 3.19. The largest absolute Gasteiger partial charge is 0.337 e. The highest BCUT2D eigenvalue weighted by atomic mass is 32.2. The van der Waals surface area contributed by atoms with Crippen molar-refractivity contribution in [3.8, 4) is 0 Å². The van der Waals surface area contributed by atoms with E-state index < -0.39 is 15.1 Å². The summed E-state index contributed by atoms with van der Waals surface area (Å²) < 4.78 is 25.1. The summed E-state index contributed by atoms with van der Waals surface area (Å²) in [7, 11) is -3.37. The number of carbonyl (C=O) groups is 1. The van der Waals surface area contributed by atoms with Gasteiger partial charge in [-0.1, -0.05) is 18.2 Å². The Labute approximate surface area is 127 Å². The average molecular weight is 321 g/mol. The number of hydrogen-bond acceptors (Lipinski definition) is 4. The van der Waals surface area contributed by atoms with E-state index in [9.17, 15) is 13.2 Å². The van der Waals surface area contributed by atoms with Gasteiger partial charge in [-0.05, 0) is 30.0 Å². The molecule has 4 nitrogen and oxygen atoms in total. The lowest BCUT2D eigenvalue weighted by molar-refractivity contribution is 0.0793. The zero-order valence-electron chi connectivity index (χ0n) is 11.3. The van der Waals surface area contributed by atoms with Crippen LogP contribution in [0.4, 0.5) is 0 Å². The van der Waals surface area contributed by atoms with E-state index in [1.807, 2.05) is 5.38 Å². The van der Waals surface area contributed by atoms with E-state index in [2.05, 4.69) is 0 Å². The van der Waals surface area contributed by atoms with Gasteiger partial charge in [0.1, 0.15) is 0 Å². The van der Waals surface area contributed by atoms with Crippen molar-refractivity contribution in [1.82, 2.24) is 4.90 Å². The van der Waals surface area contributed by atoms with Crippen molar-refractivity contribution in [3.05, 3.63) is 52.7 Å². The Kier molecular flexibility index (Phi) is 3.82. The van der Waals surface area contributed by atoms with Crippen LogP contribution in [0.2, 0.25) is 0 Å². The first kappa shape index (κ1) is 14.3. The van der Waals surface area contributed by atoms with Crippen LogP contribution >= 0.6 is 11.3 Å². The van der Waals surface area contributed by atoms with E-state index in [1.54, 1.807) is 46.7 Å². The number of likely N-dealkylation sites (tertiary alicyclic amines) is 1. The molecule has 0 radical (unpaired) electrons. The number of thiophene rings is 1. The molecule has 1 aromatic heterocycles. The second kappa shape index (κ2) is 5.61.